The van der Waals surface area contributed by atoms with Crippen LogP contribution in [0, 0.1) is 13.8 Å². The van der Waals surface area contributed by atoms with Crippen LogP contribution in [0.15, 0.2) is 36.4 Å². The van der Waals surface area contributed by atoms with Gasteiger partial charge in [-0.25, -0.2) is 0 Å². The number of nitrogens with zero attached hydrogens (tertiary/aromatic N) is 1. The third kappa shape index (κ3) is 3.33. The zero-order valence-electron chi connectivity index (χ0n) is 12.3. The molecule has 0 unspecified atom stereocenters. The fourth-order valence-corrected chi connectivity index (χ4v) is 2.68. The predicted molar refractivity (Wildman–Crippen MR) is 87.4 cm³/mol. The van der Waals surface area contributed by atoms with Crippen LogP contribution in [-0.2, 0) is 13.1 Å². The molecule has 2 N–H and O–H groups in total. The molecule has 106 valence electrons. The van der Waals surface area contributed by atoms with Crippen molar-refractivity contribution in [1.82, 2.24) is 0 Å². The highest BCUT2D eigenvalue weighted by Gasteiger charge is 2.08. The molecule has 0 aliphatic heterocycles. The van der Waals surface area contributed by atoms with Crippen LogP contribution in [-0.4, -0.2) is 7.05 Å². The van der Waals surface area contributed by atoms with E-state index in [0.717, 1.165) is 22.7 Å². The lowest BCUT2D eigenvalue weighted by Crippen LogP contribution is -2.17. The Hall–Kier alpha value is -1.51. The normalized spacial score (nSPS) is 10.7. The van der Waals surface area contributed by atoms with Crippen LogP contribution in [0.25, 0.3) is 0 Å². The van der Waals surface area contributed by atoms with Crippen molar-refractivity contribution in [1.29, 1.82) is 0 Å². The van der Waals surface area contributed by atoms with Gasteiger partial charge in [0.15, 0.2) is 0 Å². The number of hydrogen-bond donors (Lipinski definition) is 1. The van der Waals surface area contributed by atoms with E-state index in [-0.39, 0.29) is 0 Å². The molecule has 2 aromatic rings. The van der Waals surface area contributed by atoms with Crippen LogP contribution in [0.1, 0.15) is 22.3 Å². The second-order valence-electron chi connectivity index (χ2n) is 5.28. The second kappa shape index (κ2) is 6.29. The third-order valence-corrected chi connectivity index (χ3v) is 3.88. The van der Waals surface area contributed by atoms with Gasteiger partial charge in [0.2, 0.25) is 0 Å². The number of anilines is 1. The first kappa shape index (κ1) is 14.9. The smallest absolute Gasteiger partial charge is 0.0459 e. The summed E-state index contributed by atoms with van der Waals surface area (Å²) in [5, 5.41) is 0.782. The quantitative estimate of drug-likeness (QED) is 0.919. The van der Waals surface area contributed by atoms with E-state index in [9.17, 15) is 0 Å². The number of rotatable bonds is 4. The molecule has 0 amide bonds. The van der Waals surface area contributed by atoms with E-state index in [0.29, 0.717) is 6.54 Å². The molecule has 0 fully saturated rings. The number of aryl methyl sites for hydroxylation is 2. The second-order valence-corrected chi connectivity index (χ2v) is 5.68. The van der Waals surface area contributed by atoms with Crippen molar-refractivity contribution in [2.75, 3.05) is 11.9 Å². The van der Waals surface area contributed by atoms with Crippen LogP contribution in [0.5, 0.6) is 0 Å². The van der Waals surface area contributed by atoms with Gasteiger partial charge >= 0.3 is 0 Å². The van der Waals surface area contributed by atoms with E-state index in [1.54, 1.807) is 0 Å². The first-order valence-electron chi connectivity index (χ1n) is 6.77. The van der Waals surface area contributed by atoms with Crippen molar-refractivity contribution in [3.63, 3.8) is 0 Å². The molecule has 0 aliphatic rings. The molecule has 0 aromatic heterocycles. The average molecular weight is 289 g/mol. The summed E-state index contributed by atoms with van der Waals surface area (Å²) in [4.78, 5) is 2.22. The first-order valence-corrected chi connectivity index (χ1v) is 7.15. The minimum Gasteiger partial charge on any atom is -0.370 e. The first-order chi connectivity index (χ1) is 9.51. The maximum Gasteiger partial charge on any atom is 0.0459 e. The molecular weight excluding hydrogens is 268 g/mol. The molecule has 2 aromatic carbocycles. The molecule has 20 heavy (non-hydrogen) atoms. The van der Waals surface area contributed by atoms with E-state index in [1.165, 1.54) is 16.8 Å². The zero-order valence-corrected chi connectivity index (χ0v) is 13.0. The van der Waals surface area contributed by atoms with Crippen LogP contribution in [0.4, 0.5) is 5.69 Å². The molecule has 0 aliphatic carbocycles. The Labute approximate surface area is 126 Å². The van der Waals surface area contributed by atoms with Crippen molar-refractivity contribution in [2.45, 2.75) is 26.9 Å². The largest absolute Gasteiger partial charge is 0.370 e. The molecule has 2 rings (SSSR count). The standard InChI is InChI=1S/C17H21ClN2/c1-12-4-7-17(13(2)8-12)20(3)11-15-6-5-14(10-19)9-16(15)18/h4-9H,10-11,19H2,1-3H3. The van der Waals surface area contributed by atoms with Crippen molar-refractivity contribution >= 4 is 17.3 Å². The average Bonchev–Trinajstić information content (AvgIpc) is 2.40. The van der Waals surface area contributed by atoms with Gasteiger partial charge in [0, 0.05) is 30.8 Å². The fraction of sp³-hybridized carbons (Fsp3) is 0.294. The fourth-order valence-electron chi connectivity index (χ4n) is 2.42. The lowest BCUT2D eigenvalue weighted by molar-refractivity contribution is 0.914. The minimum atomic E-state index is 0.521. The lowest BCUT2D eigenvalue weighted by Gasteiger charge is -2.22. The molecule has 0 saturated heterocycles. The van der Waals surface area contributed by atoms with Crippen molar-refractivity contribution in [3.05, 3.63) is 63.7 Å². The molecule has 2 nitrogen and oxygen atoms in total. The van der Waals surface area contributed by atoms with Gasteiger partial charge in [-0.2, -0.15) is 0 Å². The highest BCUT2D eigenvalue weighted by molar-refractivity contribution is 6.31. The summed E-state index contributed by atoms with van der Waals surface area (Å²) in [6.07, 6.45) is 0. The molecule has 0 radical (unpaired) electrons. The van der Waals surface area contributed by atoms with E-state index >= 15 is 0 Å². The van der Waals surface area contributed by atoms with Gasteiger partial charge in [-0.3, -0.25) is 0 Å². The van der Waals surface area contributed by atoms with Gasteiger partial charge in [0.1, 0.15) is 0 Å². The van der Waals surface area contributed by atoms with Gasteiger partial charge in [0.05, 0.1) is 0 Å². The van der Waals surface area contributed by atoms with Crippen LogP contribution in [0.3, 0.4) is 0 Å². The van der Waals surface area contributed by atoms with Crippen LogP contribution >= 0.6 is 11.6 Å². The van der Waals surface area contributed by atoms with Crippen LogP contribution < -0.4 is 10.6 Å². The van der Waals surface area contributed by atoms with E-state index in [2.05, 4.69) is 50.1 Å². The minimum absolute atomic E-state index is 0.521. The zero-order chi connectivity index (χ0) is 14.7. The summed E-state index contributed by atoms with van der Waals surface area (Å²) in [5.41, 5.74) is 11.6. The van der Waals surface area contributed by atoms with Crippen molar-refractivity contribution < 1.29 is 0 Å². The number of benzene rings is 2. The van der Waals surface area contributed by atoms with Gasteiger partial charge < -0.3 is 10.6 Å². The highest BCUT2D eigenvalue weighted by atomic mass is 35.5. The summed E-state index contributed by atoms with van der Waals surface area (Å²) in [6.45, 7) is 5.55. The Kier molecular flexibility index (Phi) is 4.69. The molecule has 0 atom stereocenters. The summed E-state index contributed by atoms with van der Waals surface area (Å²) in [5.74, 6) is 0. The Morgan fingerprint density at radius 1 is 1.10 bits per heavy atom. The highest BCUT2D eigenvalue weighted by Crippen LogP contribution is 2.24. The van der Waals surface area contributed by atoms with Gasteiger partial charge in [0.25, 0.3) is 0 Å². The Morgan fingerprint density at radius 2 is 1.85 bits per heavy atom. The van der Waals surface area contributed by atoms with Gasteiger partial charge in [-0.15, -0.1) is 0 Å². The topological polar surface area (TPSA) is 29.3 Å². The summed E-state index contributed by atoms with van der Waals surface area (Å²) >= 11 is 6.32. The van der Waals surface area contributed by atoms with Gasteiger partial charge in [-0.05, 0) is 42.7 Å². The maximum atomic E-state index is 6.32. The Morgan fingerprint density at radius 3 is 2.45 bits per heavy atom. The summed E-state index contributed by atoms with van der Waals surface area (Å²) in [7, 11) is 2.09. The number of hydrogen-bond acceptors (Lipinski definition) is 2. The number of nitrogens with two attached hydrogens (primary N) is 1. The molecule has 3 heteroatoms. The van der Waals surface area contributed by atoms with E-state index < -0.39 is 0 Å². The molecular formula is C17H21ClN2. The number of halogens is 1. The van der Waals surface area contributed by atoms with Gasteiger partial charge in [-0.1, -0.05) is 41.4 Å². The van der Waals surface area contributed by atoms with Crippen molar-refractivity contribution in [3.8, 4) is 0 Å². The van der Waals surface area contributed by atoms with E-state index in [1.807, 2.05) is 12.1 Å². The maximum absolute atomic E-state index is 6.32. The monoisotopic (exact) mass is 288 g/mol. The SMILES string of the molecule is Cc1ccc(N(C)Cc2ccc(CN)cc2Cl)c(C)c1. The molecule has 0 saturated carbocycles. The Bertz CT molecular complexity index is 608. The molecule has 0 heterocycles. The summed E-state index contributed by atoms with van der Waals surface area (Å²) < 4.78 is 0. The Balaban J connectivity index is 2.21. The third-order valence-electron chi connectivity index (χ3n) is 3.52. The summed E-state index contributed by atoms with van der Waals surface area (Å²) in [6, 6.07) is 12.5. The molecule has 0 spiro atoms. The van der Waals surface area contributed by atoms with Crippen molar-refractivity contribution in [2.24, 2.45) is 5.73 Å². The lowest BCUT2D eigenvalue weighted by atomic mass is 10.1. The molecule has 0 bridgehead atoms. The van der Waals surface area contributed by atoms with E-state index in [4.69, 9.17) is 17.3 Å². The predicted octanol–water partition coefficient (Wildman–Crippen LogP) is 4.05. The van der Waals surface area contributed by atoms with Crippen LogP contribution in [0.2, 0.25) is 5.02 Å².